The van der Waals surface area contributed by atoms with Crippen LogP contribution in [0.1, 0.15) is 0 Å². The Morgan fingerprint density at radius 1 is 0.714 bits per heavy atom. The first-order chi connectivity index (χ1) is 1.00. The molecule has 0 aliphatic heterocycles. The Hall–Kier alpha value is 0.775. The summed E-state index contributed by atoms with van der Waals surface area (Å²) in [6.45, 7) is 7.00. The van der Waals surface area contributed by atoms with Gasteiger partial charge in [0.05, 0.1) is 0 Å². The van der Waals surface area contributed by atoms with E-state index in [2.05, 4.69) is 13.2 Å². The molecule has 0 amide bonds. The molecule has 0 aromatic heterocycles. The monoisotopic (exact) mass is 238 g/mol. The molecule has 4 nitrogen and oxygen atoms in total. The number of rotatable bonds is 0. The van der Waals surface area contributed by atoms with Gasteiger partial charge in [-0.15, -0.1) is 0 Å². The Kier molecular flexibility index (Phi) is 6090. The molecule has 7 heavy (non-hydrogen) atoms. The summed E-state index contributed by atoms with van der Waals surface area (Å²) in [6, 6.07) is 0. The van der Waals surface area contributed by atoms with Crippen LogP contribution in [0.4, 0.5) is 0 Å². The van der Waals surface area contributed by atoms with E-state index in [9.17, 15) is 0 Å². The molecule has 0 bridgehead atoms. The fraction of sp³-hybridized carbons (Fsp3) is 0. The van der Waals surface area contributed by atoms with Crippen molar-refractivity contribution in [1.29, 1.82) is 0 Å². The smallest absolute Gasteiger partial charge is 0 e. The zero-order valence-corrected chi connectivity index (χ0v) is 7.49. The second kappa shape index (κ2) is 376. The van der Waals surface area contributed by atoms with Gasteiger partial charge in [-0.05, 0) is 0 Å². The molecule has 0 aliphatic rings. The maximum absolute atomic E-state index is 4.25. The van der Waals surface area contributed by atoms with Crippen LogP contribution in [0.5, 0.6) is 0 Å². The van der Waals surface area contributed by atoms with E-state index in [0.29, 0.717) is 0 Å². The predicted molar refractivity (Wildman–Crippen MR) is 24.4 cm³/mol. The molecule has 5 heteroatoms. The third kappa shape index (κ3) is 257. The van der Waals surface area contributed by atoms with Gasteiger partial charge in [-0.1, -0.05) is 0 Å². The third-order valence-corrected chi connectivity index (χ3v) is 0. The summed E-state index contributed by atoms with van der Waals surface area (Å²) in [4.78, 5) is 0. The van der Waals surface area contributed by atoms with E-state index in [1.165, 1.54) is 0 Å². The van der Waals surface area contributed by atoms with Crippen molar-refractivity contribution in [3.8, 4) is 0 Å². The first-order valence-corrected chi connectivity index (χ1v) is 0.408. The Morgan fingerprint density at radius 2 is 0.714 bits per heavy atom. The Bertz CT molecular complexity index is 9.65. The molecular formula is C2H11LaO4-. The fourth-order valence-corrected chi connectivity index (χ4v) is 0. The standard InChI is InChI=1S/C2H3.La.4H2O/c1-2;;;;;/h1H,2H2;;4*1H2/q-1;;;;;. The van der Waals surface area contributed by atoms with Crippen LogP contribution in [0.3, 0.4) is 0 Å². The van der Waals surface area contributed by atoms with Crippen molar-refractivity contribution in [2.45, 2.75) is 0 Å². The zero-order valence-electron chi connectivity index (χ0n) is 3.86. The van der Waals surface area contributed by atoms with Gasteiger partial charge < -0.3 is 28.5 Å². The summed E-state index contributed by atoms with van der Waals surface area (Å²) in [5, 5.41) is 0. The zero-order chi connectivity index (χ0) is 2.00. The Balaban J connectivity index is -0.000000000500. The van der Waals surface area contributed by atoms with Gasteiger partial charge in [0, 0.05) is 35.6 Å². The predicted octanol–water partition coefficient (Wildman–Crippen LogP) is -2.69. The van der Waals surface area contributed by atoms with E-state index in [1.807, 2.05) is 0 Å². The molecular weight excluding hydrogens is 227 g/mol. The average Bonchev–Trinajstić information content (AvgIpc) is 1.00. The molecule has 1 radical (unpaired) electrons. The van der Waals surface area contributed by atoms with Gasteiger partial charge >= 0.3 is 0 Å². The van der Waals surface area contributed by atoms with Crippen LogP contribution >= 0.6 is 0 Å². The van der Waals surface area contributed by atoms with Gasteiger partial charge in [0.15, 0.2) is 0 Å². The molecule has 0 heterocycles. The van der Waals surface area contributed by atoms with Crippen LogP contribution < -0.4 is 0 Å². The summed E-state index contributed by atoms with van der Waals surface area (Å²) >= 11 is 0. The van der Waals surface area contributed by atoms with Crippen molar-refractivity contribution < 1.29 is 57.5 Å². The molecule has 0 aliphatic carbocycles. The molecule has 0 fully saturated rings. The van der Waals surface area contributed by atoms with Gasteiger partial charge in [-0.3, -0.25) is 6.58 Å². The minimum absolute atomic E-state index is 0. The molecule has 0 atom stereocenters. The number of hydrogen-bond donors (Lipinski definition) is 0. The normalized spacial score (nSPS) is 0.571. The minimum atomic E-state index is 0. The van der Waals surface area contributed by atoms with Crippen molar-refractivity contribution in [2.24, 2.45) is 0 Å². The first-order valence-electron chi connectivity index (χ1n) is 0.408. The van der Waals surface area contributed by atoms with Crippen LogP contribution in [-0.4, -0.2) is 21.9 Å². The van der Waals surface area contributed by atoms with Crippen LogP contribution in [-0.2, 0) is 0 Å². The fourth-order valence-electron chi connectivity index (χ4n) is 0. The van der Waals surface area contributed by atoms with E-state index >= 15 is 0 Å². The SMILES string of the molecule is O.O.O.O.[CH-]=C.[La]. The Morgan fingerprint density at radius 3 is 0.714 bits per heavy atom. The van der Waals surface area contributed by atoms with Crippen molar-refractivity contribution in [3.05, 3.63) is 13.2 Å². The van der Waals surface area contributed by atoms with Gasteiger partial charge in [-0.25, -0.2) is 0 Å². The summed E-state index contributed by atoms with van der Waals surface area (Å²) in [5.41, 5.74) is 0. The molecule has 47 valence electrons. The molecule has 0 aromatic carbocycles. The largest absolute Gasteiger partial charge is 0.521 e. The molecule has 0 rings (SSSR count). The summed E-state index contributed by atoms with van der Waals surface area (Å²) in [5.74, 6) is 0. The van der Waals surface area contributed by atoms with E-state index in [1.54, 1.807) is 0 Å². The third-order valence-electron chi connectivity index (χ3n) is 0. The number of hydrogen-bond acceptors (Lipinski definition) is 0. The van der Waals surface area contributed by atoms with Crippen LogP contribution in [0.25, 0.3) is 0 Å². The first kappa shape index (κ1) is 113. The molecule has 0 unspecified atom stereocenters. The van der Waals surface area contributed by atoms with Gasteiger partial charge in [0.25, 0.3) is 0 Å². The molecule has 0 saturated carbocycles. The van der Waals surface area contributed by atoms with Crippen LogP contribution in [0.2, 0.25) is 0 Å². The molecule has 0 aromatic rings. The van der Waals surface area contributed by atoms with E-state index in [4.69, 9.17) is 0 Å². The van der Waals surface area contributed by atoms with Crippen molar-refractivity contribution in [2.75, 3.05) is 0 Å². The van der Waals surface area contributed by atoms with E-state index in [-0.39, 0.29) is 57.5 Å². The second-order valence-corrected chi connectivity index (χ2v) is 0. The van der Waals surface area contributed by atoms with Crippen molar-refractivity contribution in [1.82, 2.24) is 0 Å². The summed E-state index contributed by atoms with van der Waals surface area (Å²) < 4.78 is 0. The summed E-state index contributed by atoms with van der Waals surface area (Å²) in [7, 11) is 0. The maximum Gasteiger partial charge on any atom is 0 e. The van der Waals surface area contributed by atoms with E-state index in [0.717, 1.165) is 0 Å². The van der Waals surface area contributed by atoms with Gasteiger partial charge in [0.2, 0.25) is 0 Å². The second-order valence-electron chi connectivity index (χ2n) is 0. The molecule has 8 N–H and O–H groups in total. The van der Waals surface area contributed by atoms with Crippen LogP contribution in [0, 0.1) is 42.2 Å². The molecule has 0 saturated heterocycles. The van der Waals surface area contributed by atoms with Crippen molar-refractivity contribution in [3.63, 3.8) is 0 Å². The molecule has 0 spiro atoms. The summed E-state index contributed by atoms with van der Waals surface area (Å²) in [6.07, 6.45) is 0. The topological polar surface area (TPSA) is 126 Å². The van der Waals surface area contributed by atoms with E-state index < -0.39 is 0 Å². The van der Waals surface area contributed by atoms with Crippen LogP contribution in [0.15, 0.2) is 6.58 Å². The Labute approximate surface area is 70.4 Å². The quantitative estimate of drug-likeness (QED) is 0.407. The van der Waals surface area contributed by atoms with Gasteiger partial charge in [0.1, 0.15) is 0 Å². The minimum Gasteiger partial charge on any atom is -0.521 e. The van der Waals surface area contributed by atoms with Gasteiger partial charge in [-0.2, -0.15) is 0 Å². The van der Waals surface area contributed by atoms with Crippen molar-refractivity contribution >= 4 is 0 Å². The maximum atomic E-state index is 4.25. The average molecular weight is 238 g/mol.